The zero-order chi connectivity index (χ0) is 12.9. The van der Waals surface area contributed by atoms with Gasteiger partial charge in [-0.1, -0.05) is 12.1 Å². The molecule has 2 aliphatic heterocycles. The lowest BCUT2D eigenvalue weighted by Crippen LogP contribution is -2.70. The lowest BCUT2D eigenvalue weighted by Gasteiger charge is -2.40. The number of β-lactam (4-membered cyclic amide) rings is 1. The first-order valence-corrected chi connectivity index (χ1v) is 6.16. The molecule has 3 amide bonds. The first kappa shape index (κ1) is 11.3. The maximum atomic E-state index is 12.1. The van der Waals surface area contributed by atoms with E-state index in [0.717, 1.165) is 4.90 Å². The zero-order valence-corrected chi connectivity index (χ0v) is 10.2. The summed E-state index contributed by atoms with van der Waals surface area (Å²) < 4.78 is 0. The van der Waals surface area contributed by atoms with E-state index in [0.29, 0.717) is 16.9 Å². The van der Waals surface area contributed by atoms with Crippen LogP contribution in [0.2, 0.25) is 0 Å². The van der Waals surface area contributed by atoms with E-state index in [1.54, 1.807) is 24.3 Å². The van der Waals surface area contributed by atoms with E-state index < -0.39 is 17.9 Å². The second-order valence-electron chi connectivity index (χ2n) is 4.27. The maximum Gasteiger partial charge on any atom is 0.262 e. The molecule has 1 saturated heterocycles. The van der Waals surface area contributed by atoms with E-state index in [1.165, 1.54) is 0 Å². The van der Waals surface area contributed by atoms with Gasteiger partial charge in [-0.25, -0.2) is 0 Å². The molecule has 1 fully saturated rings. The van der Waals surface area contributed by atoms with Gasteiger partial charge in [-0.15, -0.1) is 0 Å². The van der Waals surface area contributed by atoms with Gasteiger partial charge in [0.05, 0.1) is 17.2 Å². The van der Waals surface area contributed by atoms with Gasteiger partial charge in [0.1, 0.15) is 6.04 Å². The second kappa shape index (κ2) is 3.84. The SMILES string of the molecule is O=C1NC(CS)C1N1C(=O)c2ccccc2C1=O. The van der Waals surface area contributed by atoms with Gasteiger partial charge in [0.15, 0.2) is 0 Å². The van der Waals surface area contributed by atoms with Crippen molar-refractivity contribution in [3.8, 4) is 0 Å². The third-order valence-corrected chi connectivity index (χ3v) is 3.67. The van der Waals surface area contributed by atoms with Crippen LogP contribution in [0.4, 0.5) is 0 Å². The van der Waals surface area contributed by atoms with Gasteiger partial charge >= 0.3 is 0 Å². The largest absolute Gasteiger partial charge is 0.348 e. The molecular weight excluding hydrogens is 252 g/mol. The van der Waals surface area contributed by atoms with Crippen molar-refractivity contribution >= 4 is 30.4 Å². The van der Waals surface area contributed by atoms with Crippen LogP contribution in [-0.2, 0) is 4.79 Å². The first-order chi connectivity index (χ1) is 8.65. The first-order valence-electron chi connectivity index (χ1n) is 5.53. The minimum absolute atomic E-state index is 0.261. The van der Waals surface area contributed by atoms with Crippen LogP contribution in [0.25, 0.3) is 0 Å². The smallest absolute Gasteiger partial charge is 0.262 e. The lowest BCUT2D eigenvalue weighted by molar-refractivity contribution is -0.134. The number of imide groups is 1. The summed E-state index contributed by atoms with van der Waals surface area (Å²) in [6.45, 7) is 0. The fourth-order valence-corrected chi connectivity index (χ4v) is 2.63. The average Bonchev–Trinajstić information content (AvgIpc) is 2.62. The highest BCUT2D eigenvalue weighted by Gasteiger charge is 2.50. The summed E-state index contributed by atoms with van der Waals surface area (Å²) in [5.41, 5.74) is 0.722. The molecule has 0 spiro atoms. The monoisotopic (exact) mass is 262 g/mol. The molecule has 2 atom stereocenters. The van der Waals surface area contributed by atoms with Gasteiger partial charge < -0.3 is 5.32 Å². The van der Waals surface area contributed by atoms with Crippen LogP contribution in [0.15, 0.2) is 24.3 Å². The van der Waals surface area contributed by atoms with E-state index in [1.807, 2.05) is 0 Å². The van der Waals surface area contributed by atoms with Crippen molar-refractivity contribution in [2.24, 2.45) is 0 Å². The van der Waals surface area contributed by atoms with E-state index in [2.05, 4.69) is 17.9 Å². The number of nitrogens with zero attached hydrogens (tertiary/aromatic N) is 1. The van der Waals surface area contributed by atoms with Gasteiger partial charge in [0.25, 0.3) is 11.8 Å². The van der Waals surface area contributed by atoms with Crippen LogP contribution in [0.3, 0.4) is 0 Å². The third-order valence-electron chi connectivity index (χ3n) is 3.28. The lowest BCUT2D eigenvalue weighted by atomic mass is 9.99. The van der Waals surface area contributed by atoms with Gasteiger partial charge in [-0.3, -0.25) is 19.3 Å². The molecule has 2 aliphatic rings. The van der Waals surface area contributed by atoms with Crippen LogP contribution in [0, 0.1) is 0 Å². The number of amides is 3. The van der Waals surface area contributed by atoms with Crippen LogP contribution >= 0.6 is 12.6 Å². The highest BCUT2D eigenvalue weighted by molar-refractivity contribution is 7.80. The van der Waals surface area contributed by atoms with Crippen LogP contribution in [0.1, 0.15) is 20.7 Å². The highest BCUT2D eigenvalue weighted by atomic mass is 32.1. The van der Waals surface area contributed by atoms with Gasteiger partial charge in [-0.2, -0.15) is 12.6 Å². The molecule has 1 N–H and O–H groups in total. The van der Waals surface area contributed by atoms with Crippen LogP contribution in [0.5, 0.6) is 0 Å². The van der Waals surface area contributed by atoms with Gasteiger partial charge in [0.2, 0.25) is 5.91 Å². The Morgan fingerprint density at radius 2 is 1.67 bits per heavy atom. The van der Waals surface area contributed by atoms with E-state index in [-0.39, 0.29) is 11.9 Å². The quantitative estimate of drug-likeness (QED) is 0.450. The molecule has 1 aromatic rings. The van der Waals surface area contributed by atoms with E-state index in [9.17, 15) is 14.4 Å². The fraction of sp³-hybridized carbons (Fsp3) is 0.250. The maximum absolute atomic E-state index is 12.1. The molecule has 0 radical (unpaired) electrons. The second-order valence-corrected chi connectivity index (χ2v) is 4.63. The minimum Gasteiger partial charge on any atom is -0.348 e. The standard InChI is InChI=1S/C12H10N2O3S/c15-10-9(8(5-18)13-10)14-11(16)6-3-1-2-4-7(6)12(14)17/h1-4,8-9,18H,5H2,(H,13,15). The number of benzene rings is 1. The van der Waals surface area contributed by atoms with E-state index in [4.69, 9.17) is 0 Å². The normalized spacial score (nSPS) is 25.8. The van der Waals surface area contributed by atoms with Crippen molar-refractivity contribution in [3.05, 3.63) is 35.4 Å². The number of fused-ring (bicyclic) bond motifs is 1. The predicted molar refractivity (Wildman–Crippen MR) is 66.5 cm³/mol. The number of carbonyl (C=O) groups excluding carboxylic acids is 3. The Labute approximate surface area is 109 Å². The summed E-state index contributed by atoms with van der Waals surface area (Å²) in [5.74, 6) is -0.711. The summed E-state index contributed by atoms with van der Waals surface area (Å²) in [7, 11) is 0. The number of hydrogen-bond donors (Lipinski definition) is 2. The Bertz CT molecular complexity index is 537. The van der Waals surface area contributed by atoms with Crippen LogP contribution in [-0.4, -0.2) is 40.5 Å². The molecule has 1 aromatic carbocycles. The molecule has 0 aliphatic carbocycles. The number of carbonyl (C=O) groups is 3. The summed E-state index contributed by atoms with van der Waals surface area (Å²) in [6.07, 6.45) is 0. The Morgan fingerprint density at radius 1 is 1.11 bits per heavy atom. The highest BCUT2D eigenvalue weighted by Crippen LogP contribution is 2.28. The van der Waals surface area contributed by atoms with Crippen molar-refractivity contribution in [2.45, 2.75) is 12.1 Å². The zero-order valence-electron chi connectivity index (χ0n) is 9.29. The van der Waals surface area contributed by atoms with Gasteiger partial charge in [0, 0.05) is 5.75 Å². The molecule has 5 nitrogen and oxygen atoms in total. The molecule has 2 heterocycles. The molecule has 0 aromatic heterocycles. The Hall–Kier alpha value is -1.82. The Kier molecular flexibility index (Phi) is 2.41. The summed E-state index contributed by atoms with van der Waals surface area (Å²) >= 11 is 4.10. The molecule has 92 valence electrons. The molecular formula is C12H10N2O3S. The Morgan fingerprint density at radius 3 is 2.11 bits per heavy atom. The predicted octanol–water partition coefficient (Wildman–Crippen LogP) is 0.0794. The molecule has 0 saturated carbocycles. The van der Waals surface area contributed by atoms with E-state index >= 15 is 0 Å². The van der Waals surface area contributed by atoms with Crippen molar-refractivity contribution in [1.29, 1.82) is 0 Å². The molecule has 2 unspecified atom stereocenters. The summed E-state index contributed by atoms with van der Waals surface area (Å²) in [4.78, 5) is 36.9. The molecule has 0 bridgehead atoms. The third kappa shape index (κ3) is 1.32. The number of hydrogen-bond acceptors (Lipinski definition) is 4. The number of thiol groups is 1. The molecule has 6 heteroatoms. The molecule has 18 heavy (non-hydrogen) atoms. The van der Waals surface area contributed by atoms with Crippen molar-refractivity contribution in [3.63, 3.8) is 0 Å². The topological polar surface area (TPSA) is 66.5 Å². The fourth-order valence-electron chi connectivity index (χ4n) is 2.34. The molecule has 3 rings (SSSR count). The van der Waals surface area contributed by atoms with Crippen LogP contribution < -0.4 is 5.32 Å². The minimum atomic E-state index is -0.727. The Balaban J connectivity index is 2.00. The number of rotatable bonds is 2. The number of nitrogens with one attached hydrogen (secondary N) is 1. The van der Waals surface area contributed by atoms with Crippen molar-refractivity contribution in [2.75, 3.05) is 5.75 Å². The van der Waals surface area contributed by atoms with Crippen molar-refractivity contribution < 1.29 is 14.4 Å². The summed E-state index contributed by atoms with van der Waals surface area (Å²) in [6, 6.07) is 5.61. The summed E-state index contributed by atoms with van der Waals surface area (Å²) in [5, 5.41) is 2.63. The average molecular weight is 262 g/mol. The van der Waals surface area contributed by atoms with Gasteiger partial charge in [-0.05, 0) is 12.1 Å². The van der Waals surface area contributed by atoms with Crippen molar-refractivity contribution in [1.82, 2.24) is 10.2 Å².